The van der Waals surface area contributed by atoms with Crippen molar-refractivity contribution >= 4 is 64.1 Å². The maximum atomic E-state index is 14.2. The summed E-state index contributed by atoms with van der Waals surface area (Å²) in [6.45, 7) is 6.41. The van der Waals surface area contributed by atoms with Crippen LogP contribution in [0, 0.1) is 5.41 Å². The number of para-hydroxylation sites is 1. The van der Waals surface area contributed by atoms with Crippen LogP contribution >= 0.6 is 0 Å². The third-order valence-corrected chi connectivity index (χ3v) is 10.7. The van der Waals surface area contributed by atoms with Gasteiger partial charge in [-0.3, -0.25) is 43.8 Å². The molecule has 0 saturated heterocycles. The Balaban J connectivity index is 1.80. The van der Waals surface area contributed by atoms with Gasteiger partial charge in [-0.05, 0) is 69.7 Å². The van der Waals surface area contributed by atoms with E-state index in [-0.39, 0.29) is 51.2 Å². The fourth-order valence-corrected chi connectivity index (χ4v) is 7.01. The molecular weight excluding hydrogens is 851 g/mol. The van der Waals surface area contributed by atoms with E-state index in [4.69, 9.17) is 22.6 Å². The lowest BCUT2D eigenvalue weighted by Crippen LogP contribution is -2.60. The monoisotopic (exact) mass is 918 g/mol. The van der Waals surface area contributed by atoms with E-state index in [9.17, 15) is 38.4 Å². The summed E-state index contributed by atoms with van der Waals surface area (Å²) in [5, 5.41) is 29.5. The lowest BCUT2D eigenvalue weighted by Gasteiger charge is -2.27. The standard InChI is InChI=1S/C45H67N13O8/c1-5-6-17-33(54-28(4)59)41(63)52-26(2)39(61)55-34(19-12-21-46)43(65)58-37(23-29-14-8-7-9-15-29)44(66)56-35(20-13-22-50-45(48)49)42(64)53-27(3)40(62)57-36(38(47)60)24-30-25-51-32-18-11-10-16-31(30)32/h7-11,14-16,18,25-27,33-37,51H,5-6,12-13,17,19-24,46H2,1-4H3,(H2,47,60)(H,52,63)(H,53,64)(H,54,59)(H,55,61)(H,56,66)(H,57,62)(H,58,65)(H4,48,49,50)/t26-,27-,33-,34-,35-,36-,37+/m0/s1. The number of unbranched alkanes of at least 4 members (excludes halogenated alkanes) is 1. The fraction of sp³-hybridized carbons (Fsp3) is 0.489. The normalized spacial score (nSPS) is 14.1. The number of fused-ring (bicyclic) bond motifs is 1. The van der Waals surface area contributed by atoms with Crippen LogP contribution in [0.1, 0.15) is 83.8 Å². The van der Waals surface area contributed by atoms with Crippen LogP contribution in [0.3, 0.4) is 0 Å². The molecule has 0 aliphatic heterocycles. The van der Waals surface area contributed by atoms with Crippen LogP contribution in [-0.2, 0) is 51.2 Å². The van der Waals surface area contributed by atoms with Gasteiger partial charge in [0.15, 0.2) is 5.96 Å². The number of guanidine groups is 1. The van der Waals surface area contributed by atoms with E-state index in [2.05, 4.69) is 47.5 Å². The Morgan fingerprint density at radius 3 is 1.68 bits per heavy atom. The summed E-state index contributed by atoms with van der Waals surface area (Å²) in [6.07, 6.45) is 4.18. The summed E-state index contributed by atoms with van der Waals surface area (Å²) >= 11 is 0. The first-order valence-electron chi connectivity index (χ1n) is 22.2. The van der Waals surface area contributed by atoms with Gasteiger partial charge in [-0.15, -0.1) is 0 Å². The Hall–Kier alpha value is -7.03. The van der Waals surface area contributed by atoms with Crippen molar-refractivity contribution in [1.29, 1.82) is 5.41 Å². The van der Waals surface area contributed by atoms with Crippen LogP contribution in [0.4, 0.5) is 0 Å². The molecule has 3 rings (SSSR count). The minimum atomic E-state index is -1.29. The maximum absolute atomic E-state index is 14.2. The highest BCUT2D eigenvalue weighted by molar-refractivity contribution is 5.97. The molecule has 21 nitrogen and oxygen atoms in total. The topological polar surface area (TPSA) is 350 Å². The molecule has 3 aromatic rings. The van der Waals surface area contributed by atoms with Crippen molar-refractivity contribution in [2.24, 2.45) is 17.2 Å². The predicted octanol–water partition coefficient (Wildman–Crippen LogP) is -0.916. The zero-order chi connectivity index (χ0) is 48.8. The van der Waals surface area contributed by atoms with Crippen LogP contribution < -0.4 is 59.7 Å². The van der Waals surface area contributed by atoms with Gasteiger partial charge in [-0.2, -0.15) is 0 Å². The van der Waals surface area contributed by atoms with E-state index >= 15 is 0 Å². The highest BCUT2D eigenvalue weighted by Crippen LogP contribution is 2.19. The number of nitrogens with two attached hydrogens (primary N) is 3. The van der Waals surface area contributed by atoms with Crippen molar-refractivity contribution in [2.75, 3.05) is 13.1 Å². The number of rotatable bonds is 28. The molecule has 0 fully saturated rings. The largest absolute Gasteiger partial charge is 0.370 e. The Morgan fingerprint density at radius 2 is 1.11 bits per heavy atom. The molecule has 8 amide bonds. The van der Waals surface area contributed by atoms with Gasteiger partial charge in [0.1, 0.15) is 42.3 Å². The maximum Gasteiger partial charge on any atom is 0.243 e. The van der Waals surface area contributed by atoms with Crippen LogP contribution in [0.25, 0.3) is 10.9 Å². The highest BCUT2D eigenvalue weighted by atomic mass is 16.2. The predicted molar refractivity (Wildman–Crippen MR) is 249 cm³/mol. The van der Waals surface area contributed by atoms with Gasteiger partial charge in [0.25, 0.3) is 0 Å². The van der Waals surface area contributed by atoms with E-state index in [0.717, 1.165) is 22.9 Å². The molecule has 0 saturated carbocycles. The van der Waals surface area contributed by atoms with E-state index < -0.39 is 89.6 Å². The zero-order valence-corrected chi connectivity index (χ0v) is 38.1. The number of carbonyl (C=O) groups is 8. The number of H-pyrrole nitrogens is 1. The van der Waals surface area contributed by atoms with Gasteiger partial charge in [-0.25, -0.2) is 0 Å². The van der Waals surface area contributed by atoms with Crippen LogP contribution in [0.2, 0.25) is 0 Å². The van der Waals surface area contributed by atoms with Crippen molar-refractivity contribution in [3.05, 3.63) is 71.9 Å². The van der Waals surface area contributed by atoms with Crippen molar-refractivity contribution < 1.29 is 38.4 Å². The first kappa shape index (κ1) is 53.3. The lowest BCUT2D eigenvalue weighted by atomic mass is 10.0. The van der Waals surface area contributed by atoms with Crippen molar-refractivity contribution in [3.63, 3.8) is 0 Å². The molecular formula is C45H67N13O8. The molecule has 7 atom stereocenters. The van der Waals surface area contributed by atoms with E-state index in [1.54, 1.807) is 36.5 Å². The molecule has 1 aromatic heterocycles. The average molecular weight is 918 g/mol. The second-order valence-corrected chi connectivity index (χ2v) is 16.2. The fourth-order valence-electron chi connectivity index (χ4n) is 7.01. The SMILES string of the molecule is CCCC[C@H](NC(C)=O)C(=O)N[C@@H](C)C(=O)N[C@@H](CCCN)C(=O)N[C@H](Cc1ccccc1)C(=O)N[C@@H](CCCNC(=N)N)C(=O)N[C@@H](C)C(=O)N[C@@H](Cc1c[nH]c2ccccc12)C(N)=O. The quantitative estimate of drug-likeness (QED) is 0.0240. The number of primary amides is 1. The number of benzene rings is 2. The second kappa shape index (κ2) is 27.3. The van der Waals surface area contributed by atoms with Crippen molar-refractivity contribution in [3.8, 4) is 0 Å². The summed E-state index contributed by atoms with van der Waals surface area (Å²) in [4.78, 5) is 109. The number of hydrogen-bond donors (Lipinski definition) is 13. The Morgan fingerprint density at radius 1 is 0.606 bits per heavy atom. The van der Waals surface area contributed by atoms with Crippen LogP contribution in [0.5, 0.6) is 0 Å². The third-order valence-electron chi connectivity index (χ3n) is 10.7. The molecule has 0 aliphatic carbocycles. The van der Waals surface area contributed by atoms with Gasteiger partial charge in [-0.1, -0.05) is 68.3 Å². The molecule has 360 valence electrons. The van der Waals surface area contributed by atoms with Gasteiger partial charge in [0.2, 0.25) is 47.3 Å². The Bertz CT molecular complexity index is 2130. The zero-order valence-electron chi connectivity index (χ0n) is 38.1. The highest BCUT2D eigenvalue weighted by Gasteiger charge is 2.33. The molecule has 16 N–H and O–H groups in total. The molecule has 0 unspecified atom stereocenters. The molecule has 0 aliphatic rings. The summed E-state index contributed by atoms with van der Waals surface area (Å²) in [6, 6.07) is 8.12. The van der Waals surface area contributed by atoms with Gasteiger partial charge in [0.05, 0.1) is 0 Å². The summed E-state index contributed by atoms with van der Waals surface area (Å²) < 4.78 is 0. The van der Waals surface area contributed by atoms with Crippen LogP contribution in [-0.4, -0.2) is 114 Å². The summed E-state index contributed by atoms with van der Waals surface area (Å²) in [5.41, 5.74) is 19.1. The van der Waals surface area contributed by atoms with Gasteiger partial charge >= 0.3 is 0 Å². The first-order chi connectivity index (χ1) is 31.4. The minimum Gasteiger partial charge on any atom is -0.370 e. The molecule has 0 spiro atoms. The number of aromatic amines is 1. The van der Waals surface area contributed by atoms with Gasteiger partial charge < -0.3 is 64.7 Å². The lowest BCUT2D eigenvalue weighted by molar-refractivity contribution is -0.135. The first-order valence-corrected chi connectivity index (χ1v) is 22.2. The number of nitrogens with one attached hydrogen (secondary N) is 10. The molecule has 66 heavy (non-hydrogen) atoms. The summed E-state index contributed by atoms with van der Waals surface area (Å²) in [5.74, 6) is -5.74. The molecule has 1 heterocycles. The molecule has 0 radical (unpaired) electrons. The van der Waals surface area contributed by atoms with E-state index in [1.165, 1.54) is 20.8 Å². The van der Waals surface area contributed by atoms with Gasteiger partial charge in [0, 0.05) is 43.4 Å². The van der Waals surface area contributed by atoms with E-state index in [1.807, 2.05) is 31.2 Å². The third kappa shape index (κ3) is 17.9. The number of amides is 8. The van der Waals surface area contributed by atoms with Crippen molar-refractivity contribution in [2.45, 2.75) is 128 Å². The van der Waals surface area contributed by atoms with Crippen molar-refractivity contribution in [1.82, 2.24) is 47.5 Å². The van der Waals surface area contributed by atoms with Crippen LogP contribution in [0.15, 0.2) is 60.8 Å². The molecule has 2 aromatic carbocycles. The summed E-state index contributed by atoms with van der Waals surface area (Å²) in [7, 11) is 0. The van der Waals surface area contributed by atoms with E-state index in [0.29, 0.717) is 24.8 Å². The number of aromatic nitrogens is 1. The number of hydrogen-bond acceptors (Lipinski definition) is 10. The average Bonchev–Trinajstić information content (AvgIpc) is 3.69. The minimum absolute atomic E-state index is 0.00268. The Kier molecular flexibility index (Phi) is 22.1. The number of carbonyl (C=O) groups excluding carboxylic acids is 8. The Labute approximate surface area is 384 Å². The molecule has 21 heteroatoms. The smallest absolute Gasteiger partial charge is 0.243 e. The second-order valence-electron chi connectivity index (χ2n) is 16.2. The molecule has 0 bridgehead atoms.